The van der Waals surface area contributed by atoms with Crippen LogP contribution in [0, 0.1) is 0 Å². The highest BCUT2D eigenvalue weighted by Gasteiger charge is 2.38. The second-order valence-electron chi connectivity index (χ2n) is 2.86. The average molecular weight is 158 g/mol. The highest BCUT2D eigenvalue weighted by Crippen LogP contribution is 2.13. The van der Waals surface area contributed by atoms with E-state index < -0.39 is 0 Å². The number of morpholine rings is 1. The minimum Gasteiger partial charge on any atom is -0.378 e. The van der Waals surface area contributed by atoms with Crippen LogP contribution in [0.5, 0.6) is 0 Å². The first-order valence-corrected chi connectivity index (χ1v) is 4.45. The summed E-state index contributed by atoms with van der Waals surface area (Å²) in [5.74, 6) is 0. The molecule has 0 bridgehead atoms. The Morgan fingerprint density at radius 2 is 2.00 bits per heavy atom. The van der Waals surface area contributed by atoms with E-state index in [9.17, 15) is 0 Å². The Kier molecular flexibility index (Phi) is 3.30. The van der Waals surface area contributed by atoms with Gasteiger partial charge >= 0.3 is 0 Å². The van der Waals surface area contributed by atoms with Gasteiger partial charge < -0.3 is 15.4 Å². The molecule has 0 aromatic carbocycles. The maximum Gasteiger partial charge on any atom is 0.0673 e. The van der Waals surface area contributed by atoms with E-state index in [1.165, 1.54) is 0 Å². The van der Waals surface area contributed by atoms with E-state index in [0.717, 1.165) is 32.8 Å². The number of hydrogen-bond donors (Lipinski definition) is 2. The Labute approximate surface area is 68.5 Å². The highest BCUT2D eigenvalue weighted by molar-refractivity contribution is 5.01. The lowest BCUT2D eigenvalue weighted by atomic mass is 9.93. The Morgan fingerprint density at radius 3 is 2.27 bits per heavy atom. The second kappa shape index (κ2) is 4.04. The largest absolute Gasteiger partial charge is 0.378 e. The zero-order valence-electron chi connectivity index (χ0n) is 7.44. The molecule has 2 heterocycles. The van der Waals surface area contributed by atoms with Crippen molar-refractivity contribution < 1.29 is 4.74 Å². The van der Waals surface area contributed by atoms with Crippen molar-refractivity contribution in [3.05, 3.63) is 0 Å². The van der Waals surface area contributed by atoms with Crippen molar-refractivity contribution >= 4 is 0 Å². The van der Waals surface area contributed by atoms with Gasteiger partial charge in [0.15, 0.2) is 0 Å². The van der Waals surface area contributed by atoms with Gasteiger partial charge in [-0.05, 0) is 0 Å². The molecule has 0 aromatic heterocycles. The monoisotopic (exact) mass is 158 g/mol. The summed E-state index contributed by atoms with van der Waals surface area (Å²) in [7, 11) is 0. The summed E-state index contributed by atoms with van der Waals surface area (Å²) in [6.07, 6.45) is 0. The number of nitrogens with one attached hydrogen (secondary N) is 2. The van der Waals surface area contributed by atoms with Crippen LogP contribution in [-0.2, 0) is 4.74 Å². The molecular weight excluding hydrogens is 140 g/mol. The normalized spacial score (nSPS) is 26.7. The van der Waals surface area contributed by atoms with Crippen LogP contribution in [0.4, 0.5) is 0 Å². The molecule has 66 valence electrons. The maximum atomic E-state index is 5.32. The maximum absolute atomic E-state index is 5.32. The van der Waals surface area contributed by atoms with E-state index in [0.29, 0.717) is 5.54 Å². The Hall–Kier alpha value is -0.120. The molecule has 0 aromatic rings. The Bertz CT molecular complexity index is 105. The van der Waals surface area contributed by atoms with E-state index in [-0.39, 0.29) is 0 Å². The lowest BCUT2D eigenvalue weighted by molar-refractivity contribution is 0.00244. The first-order chi connectivity index (χ1) is 5.41. The highest BCUT2D eigenvalue weighted by atomic mass is 16.5. The molecule has 2 N–H and O–H groups in total. The Balaban J connectivity index is 0.000000281. The first kappa shape index (κ1) is 8.97. The van der Waals surface area contributed by atoms with Crippen molar-refractivity contribution in [2.24, 2.45) is 0 Å². The van der Waals surface area contributed by atoms with Crippen LogP contribution in [0.25, 0.3) is 0 Å². The molecule has 1 spiro atoms. The minimum absolute atomic E-state index is 0.318. The van der Waals surface area contributed by atoms with Gasteiger partial charge in [0.1, 0.15) is 0 Å². The van der Waals surface area contributed by atoms with Gasteiger partial charge in [0.2, 0.25) is 0 Å². The zero-order valence-corrected chi connectivity index (χ0v) is 7.44. The molecule has 11 heavy (non-hydrogen) atoms. The van der Waals surface area contributed by atoms with Crippen molar-refractivity contribution in [3.8, 4) is 0 Å². The van der Waals surface area contributed by atoms with Crippen LogP contribution >= 0.6 is 0 Å². The molecule has 0 atom stereocenters. The molecule has 3 nitrogen and oxygen atoms in total. The van der Waals surface area contributed by atoms with Gasteiger partial charge in [-0.25, -0.2) is 0 Å². The molecule has 0 saturated carbocycles. The van der Waals surface area contributed by atoms with Crippen molar-refractivity contribution in [2.45, 2.75) is 19.4 Å². The summed E-state index contributed by atoms with van der Waals surface area (Å²) in [5.41, 5.74) is 0.318. The van der Waals surface area contributed by atoms with E-state index in [1.54, 1.807) is 0 Å². The van der Waals surface area contributed by atoms with Gasteiger partial charge in [0.05, 0.1) is 18.8 Å². The lowest BCUT2D eigenvalue weighted by Gasteiger charge is -2.45. The van der Waals surface area contributed by atoms with Crippen molar-refractivity contribution in [2.75, 3.05) is 32.8 Å². The van der Waals surface area contributed by atoms with Gasteiger partial charge in [-0.1, -0.05) is 13.8 Å². The van der Waals surface area contributed by atoms with Gasteiger partial charge in [-0.2, -0.15) is 0 Å². The van der Waals surface area contributed by atoms with Crippen LogP contribution in [0.1, 0.15) is 13.8 Å². The third-order valence-corrected chi connectivity index (χ3v) is 2.05. The number of ether oxygens (including phenoxy) is 1. The summed E-state index contributed by atoms with van der Waals surface area (Å²) in [5, 5.41) is 6.67. The summed E-state index contributed by atoms with van der Waals surface area (Å²) in [6, 6.07) is 0. The predicted octanol–water partition coefficient (Wildman–Crippen LogP) is -0.0256. The lowest BCUT2D eigenvalue weighted by Crippen LogP contribution is -2.72. The van der Waals surface area contributed by atoms with Gasteiger partial charge in [0.25, 0.3) is 0 Å². The van der Waals surface area contributed by atoms with Crippen LogP contribution < -0.4 is 10.6 Å². The minimum atomic E-state index is 0.318. The zero-order chi connectivity index (χ0) is 8.16. The molecule has 2 rings (SSSR count). The SMILES string of the molecule is C1COCC2(CNC2)N1.CC. The summed E-state index contributed by atoms with van der Waals surface area (Å²) >= 11 is 0. The van der Waals surface area contributed by atoms with Crippen LogP contribution in [0.3, 0.4) is 0 Å². The van der Waals surface area contributed by atoms with E-state index in [4.69, 9.17) is 4.74 Å². The molecule has 2 saturated heterocycles. The van der Waals surface area contributed by atoms with Gasteiger partial charge in [0, 0.05) is 19.6 Å². The summed E-state index contributed by atoms with van der Waals surface area (Å²) in [4.78, 5) is 0. The number of rotatable bonds is 0. The van der Waals surface area contributed by atoms with Gasteiger partial charge in [-0.15, -0.1) is 0 Å². The van der Waals surface area contributed by atoms with E-state index >= 15 is 0 Å². The fourth-order valence-corrected chi connectivity index (χ4v) is 1.36. The smallest absolute Gasteiger partial charge is 0.0673 e. The van der Waals surface area contributed by atoms with Crippen LogP contribution in [0.15, 0.2) is 0 Å². The van der Waals surface area contributed by atoms with Crippen molar-refractivity contribution in [1.82, 2.24) is 10.6 Å². The molecule has 3 heteroatoms. The third kappa shape index (κ3) is 1.92. The molecule has 0 aliphatic carbocycles. The van der Waals surface area contributed by atoms with Crippen LogP contribution in [0.2, 0.25) is 0 Å². The Morgan fingerprint density at radius 1 is 1.27 bits per heavy atom. The third-order valence-electron chi connectivity index (χ3n) is 2.05. The summed E-state index contributed by atoms with van der Waals surface area (Å²) in [6.45, 7) is 8.93. The number of hydrogen-bond acceptors (Lipinski definition) is 3. The summed E-state index contributed by atoms with van der Waals surface area (Å²) < 4.78 is 5.32. The van der Waals surface area contributed by atoms with Crippen molar-refractivity contribution in [1.29, 1.82) is 0 Å². The molecule has 2 aliphatic rings. The average Bonchev–Trinajstić information content (AvgIpc) is 2.07. The fraction of sp³-hybridized carbons (Fsp3) is 1.00. The topological polar surface area (TPSA) is 33.3 Å². The molecule has 0 radical (unpaired) electrons. The van der Waals surface area contributed by atoms with E-state index in [1.807, 2.05) is 13.8 Å². The standard InChI is InChI=1S/C6H12N2O.C2H6/c1-2-9-5-6(8-1)3-7-4-6;1-2/h7-8H,1-5H2;1-2H3. The first-order valence-electron chi connectivity index (χ1n) is 4.45. The predicted molar refractivity (Wildman–Crippen MR) is 45.8 cm³/mol. The fourth-order valence-electron chi connectivity index (χ4n) is 1.36. The van der Waals surface area contributed by atoms with Gasteiger partial charge in [-0.3, -0.25) is 0 Å². The molecular formula is C8H18N2O. The van der Waals surface area contributed by atoms with Crippen LogP contribution in [-0.4, -0.2) is 38.4 Å². The molecule has 0 amide bonds. The van der Waals surface area contributed by atoms with E-state index in [2.05, 4.69) is 10.6 Å². The second-order valence-corrected chi connectivity index (χ2v) is 2.86. The molecule has 0 unspecified atom stereocenters. The molecule has 2 aliphatic heterocycles. The van der Waals surface area contributed by atoms with Crippen molar-refractivity contribution in [3.63, 3.8) is 0 Å². The quantitative estimate of drug-likeness (QED) is 0.519. The molecule has 2 fully saturated rings.